The molecule has 0 saturated carbocycles. The Hall–Kier alpha value is -2.88. The fraction of sp³-hybridized carbons (Fsp3) is 0.273. The average Bonchev–Trinajstić information content (AvgIpc) is 3.37. The predicted octanol–water partition coefficient (Wildman–Crippen LogP) is 4.64. The summed E-state index contributed by atoms with van der Waals surface area (Å²) in [6, 6.07) is 20.4. The van der Waals surface area contributed by atoms with Crippen molar-refractivity contribution in [1.82, 2.24) is 9.88 Å². The van der Waals surface area contributed by atoms with Crippen LogP contribution in [0.2, 0.25) is 0 Å². The second kappa shape index (κ2) is 7.56. The molecule has 0 bridgehead atoms. The molecular weight excluding hydrogens is 324 g/mol. The number of amides is 1. The molecule has 26 heavy (non-hydrogen) atoms. The van der Waals surface area contributed by atoms with E-state index in [1.54, 1.807) is 6.20 Å². The SMILES string of the molecule is O=C(CCc1ncc(-c2ccccc2)o1)N1CCC[C@H]1c1ccccc1. The predicted molar refractivity (Wildman–Crippen MR) is 100 cm³/mol. The first-order valence-electron chi connectivity index (χ1n) is 9.16. The maximum Gasteiger partial charge on any atom is 0.223 e. The van der Waals surface area contributed by atoms with E-state index in [9.17, 15) is 4.79 Å². The summed E-state index contributed by atoms with van der Waals surface area (Å²) in [6.45, 7) is 0.833. The van der Waals surface area contributed by atoms with Crippen LogP contribution in [-0.2, 0) is 11.2 Å². The molecule has 4 nitrogen and oxygen atoms in total. The van der Waals surface area contributed by atoms with Gasteiger partial charge in [-0.05, 0) is 18.4 Å². The van der Waals surface area contributed by atoms with Gasteiger partial charge in [-0.3, -0.25) is 4.79 Å². The van der Waals surface area contributed by atoms with Gasteiger partial charge in [0.25, 0.3) is 0 Å². The van der Waals surface area contributed by atoms with Crippen molar-refractivity contribution in [3.63, 3.8) is 0 Å². The van der Waals surface area contributed by atoms with Crippen molar-refractivity contribution in [2.45, 2.75) is 31.7 Å². The minimum atomic E-state index is 0.177. The molecule has 0 N–H and O–H groups in total. The van der Waals surface area contributed by atoms with Gasteiger partial charge in [0.05, 0.1) is 12.2 Å². The molecule has 1 atom stereocenters. The van der Waals surface area contributed by atoms with E-state index in [4.69, 9.17) is 4.42 Å². The van der Waals surface area contributed by atoms with Crippen LogP contribution in [0.1, 0.15) is 36.8 Å². The van der Waals surface area contributed by atoms with Crippen LogP contribution in [0.15, 0.2) is 71.3 Å². The standard InChI is InChI=1S/C22H22N2O2/c25-22(24-15-7-12-19(24)17-8-3-1-4-9-17)14-13-21-23-16-20(26-21)18-10-5-2-6-11-18/h1-6,8-11,16,19H,7,12-15H2/t19-/m0/s1. The Labute approximate surface area is 153 Å². The number of hydrogen-bond acceptors (Lipinski definition) is 3. The van der Waals surface area contributed by atoms with Crippen molar-refractivity contribution in [3.8, 4) is 11.3 Å². The molecule has 1 aliphatic rings. The zero-order chi connectivity index (χ0) is 17.8. The van der Waals surface area contributed by atoms with E-state index in [1.807, 2.05) is 53.4 Å². The largest absolute Gasteiger partial charge is 0.441 e. The van der Waals surface area contributed by atoms with Crippen molar-refractivity contribution in [2.24, 2.45) is 0 Å². The number of aryl methyl sites for hydroxylation is 1. The highest BCUT2D eigenvalue weighted by Gasteiger charge is 2.29. The Morgan fingerprint density at radius 2 is 1.81 bits per heavy atom. The minimum Gasteiger partial charge on any atom is -0.441 e. The lowest BCUT2D eigenvalue weighted by atomic mass is 10.0. The normalized spacial score (nSPS) is 16.8. The molecule has 1 saturated heterocycles. The van der Waals surface area contributed by atoms with Gasteiger partial charge in [0.15, 0.2) is 11.7 Å². The Kier molecular flexibility index (Phi) is 4.82. The smallest absolute Gasteiger partial charge is 0.223 e. The molecule has 0 aliphatic carbocycles. The molecule has 4 heteroatoms. The third-order valence-corrected chi connectivity index (χ3v) is 4.92. The summed E-state index contributed by atoms with van der Waals surface area (Å²) in [7, 11) is 0. The summed E-state index contributed by atoms with van der Waals surface area (Å²) >= 11 is 0. The van der Waals surface area contributed by atoms with Gasteiger partial charge in [0, 0.05) is 24.9 Å². The van der Waals surface area contributed by atoms with Gasteiger partial charge < -0.3 is 9.32 Å². The number of benzene rings is 2. The first kappa shape index (κ1) is 16.6. The summed E-state index contributed by atoms with van der Waals surface area (Å²) in [5.41, 5.74) is 2.22. The van der Waals surface area contributed by atoms with Crippen molar-refractivity contribution in [1.29, 1.82) is 0 Å². The number of aromatic nitrogens is 1. The molecule has 132 valence electrons. The van der Waals surface area contributed by atoms with E-state index in [2.05, 4.69) is 17.1 Å². The van der Waals surface area contributed by atoms with E-state index < -0.39 is 0 Å². The van der Waals surface area contributed by atoms with Gasteiger partial charge in [-0.2, -0.15) is 0 Å². The lowest BCUT2D eigenvalue weighted by molar-refractivity contribution is -0.132. The van der Waals surface area contributed by atoms with Gasteiger partial charge >= 0.3 is 0 Å². The third kappa shape index (κ3) is 3.54. The highest BCUT2D eigenvalue weighted by molar-refractivity contribution is 5.77. The molecule has 3 aromatic rings. The fourth-order valence-electron chi connectivity index (χ4n) is 3.61. The van der Waals surface area contributed by atoms with Gasteiger partial charge in [0.2, 0.25) is 5.91 Å². The molecule has 0 spiro atoms. The Morgan fingerprint density at radius 3 is 2.58 bits per heavy atom. The Bertz CT molecular complexity index is 858. The van der Waals surface area contributed by atoms with Crippen LogP contribution in [0.4, 0.5) is 0 Å². The number of hydrogen-bond donors (Lipinski definition) is 0. The van der Waals surface area contributed by atoms with Crippen LogP contribution < -0.4 is 0 Å². The average molecular weight is 346 g/mol. The quantitative estimate of drug-likeness (QED) is 0.676. The topological polar surface area (TPSA) is 46.3 Å². The minimum absolute atomic E-state index is 0.177. The van der Waals surface area contributed by atoms with Crippen LogP contribution in [0.5, 0.6) is 0 Å². The van der Waals surface area contributed by atoms with Gasteiger partial charge in [0.1, 0.15) is 0 Å². The lowest BCUT2D eigenvalue weighted by Gasteiger charge is -2.25. The Morgan fingerprint density at radius 1 is 1.08 bits per heavy atom. The summed E-state index contributed by atoms with van der Waals surface area (Å²) in [5, 5.41) is 0. The zero-order valence-electron chi connectivity index (χ0n) is 14.7. The van der Waals surface area contributed by atoms with Crippen LogP contribution in [0, 0.1) is 0 Å². The van der Waals surface area contributed by atoms with Crippen LogP contribution in [0.25, 0.3) is 11.3 Å². The zero-order valence-corrected chi connectivity index (χ0v) is 14.7. The fourth-order valence-corrected chi connectivity index (χ4v) is 3.61. The van der Waals surface area contributed by atoms with Crippen molar-refractivity contribution < 1.29 is 9.21 Å². The molecule has 1 fully saturated rings. The molecule has 0 unspecified atom stereocenters. The van der Waals surface area contributed by atoms with Gasteiger partial charge in [-0.25, -0.2) is 4.98 Å². The van der Waals surface area contributed by atoms with E-state index in [-0.39, 0.29) is 11.9 Å². The number of rotatable bonds is 5. The number of oxazole rings is 1. The lowest BCUT2D eigenvalue weighted by Crippen LogP contribution is -2.30. The third-order valence-electron chi connectivity index (χ3n) is 4.92. The van der Waals surface area contributed by atoms with Gasteiger partial charge in [-0.1, -0.05) is 60.7 Å². The van der Waals surface area contributed by atoms with E-state index >= 15 is 0 Å². The molecule has 2 heterocycles. The molecular formula is C22H22N2O2. The summed E-state index contributed by atoms with van der Waals surface area (Å²) in [4.78, 5) is 19.1. The summed E-state index contributed by atoms with van der Waals surface area (Å²) in [5.74, 6) is 1.54. The van der Waals surface area contributed by atoms with Crippen molar-refractivity contribution in [3.05, 3.63) is 78.3 Å². The number of nitrogens with zero attached hydrogens (tertiary/aromatic N) is 2. The molecule has 1 aromatic heterocycles. The van der Waals surface area contributed by atoms with Crippen LogP contribution >= 0.6 is 0 Å². The van der Waals surface area contributed by atoms with Crippen molar-refractivity contribution >= 4 is 5.91 Å². The molecule has 1 aliphatic heterocycles. The van der Waals surface area contributed by atoms with E-state index in [1.165, 1.54) is 5.56 Å². The first-order valence-corrected chi connectivity index (χ1v) is 9.16. The number of likely N-dealkylation sites (tertiary alicyclic amines) is 1. The van der Waals surface area contributed by atoms with Crippen molar-refractivity contribution in [2.75, 3.05) is 6.54 Å². The second-order valence-electron chi connectivity index (χ2n) is 6.64. The van der Waals surface area contributed by atoms with Crippen LogP contribution in [0.3, 0.4) is 0 Å². The van der Waals surface area contributed by atoms with Gasteiger partial charge in [-0.15, -0.1) is 0 Å². The number of carbonyl (C=O) groups excluding carboxylic acids is 1. The summed E-state index contributed by atoms with van der Waals surface area (Å²) in [6.07, 6.45) is 4.79. The Balaban J connectivity index is 1.39. The highest BCUT2D eigenvalue weighted by atomic mass is 16.4. The first-order chi connectivity index (χ1) is 12.8. The van der Waals surface area contributed by atoms with E-state index in [0.29, 0.717) is 18.7 Å². The van der Waals surface area contributed by atoms with E-state index in [0.717, 1.165) is 30.7 Å². The second-order valence-corrected chi connectivity index (χ2v) is 6.64. The monoisotopic (exact) mass is 346 g/mol. The maximum absolute atomic E-state index is 12.7. The molecule has 1 amide bonds. The highest BCUT2D eigenvalue weighted by Crippen LogP contribution is 2.32. The van der Waals surface area contributed by atoms with Crippen LogP contribution in [-0.4, -0.2) is 22.3 Å². The summed E-state index contributed by atoms with van der Waals surface area (Å²) < 4.78 is 5.81. The maximum atomic E-state index is 12.7. The molecule has 0 radical (unpaired) electrons. The molecule has 2 aromatic carbocycles. The molecule has 4 rings (SSSR count). The number of carbonyl (C=O) groups is 1.